The lowest BCUT2D eigenvalue weighted by molar-refractivity contribution is -0.136. The largest absolute Gasteiger partial charge is 0.418 e. The lowest BCUT2D eigenvalue weighted by Crippen LogP contribution is -2.27. The number of nitrogen functional groups attached to an aromatic ring is 1. The van der Waals surface area contributed by atoms with Gasteiger partial charge in [0.25, 0.3) is 0 Å². The number of halogens is 3. The first-order valence-electron chi connectivity index (χ1n) is 6.62. The molecule has 0 aliphatic rings. The van der Waals surface area contributed by atoms with Gasteiger partial charge in [-0.2, -0.15) is 13.2 Å². The molecule has 1 aromatic carbocycles. The molecule has 6 heteroatoms. The molecule has 0 unspecified atom stereocenters. The number of nitrogens with two attached hydrogens (primary N) is 1. The van der Waals surface area contributed by atoms with Crippen LogP contribution in [0, 0.1) is 0 Å². The van der Waals surface area contributed by atoms with E-state index >= 15 is 0 Å². The van der Waals surface area contributed by atoms with Crippen LogP contribution in [0.2, 0.25) is 0 Å². The highest BCUT2D eigenvalue weighted by Crippen LogP contribution is 2.35. The van der Waals surface area contributed by atoms with Crippen LogP contribution in [0.5, 0.6) is 0 Å². The first-order chi connectivity index (χ1) is 9.25. The molecule has 0 saturated heterocycles. The zero-order valence-corrected chi connectivity index (χ0v) is 12.2. The van der Waals surface area contributed by atoms with Crippen molar-refractivity contribution < 1.29 is 13.2 Å². The Morgan fingerprint density at radius 3 is 2.30 bits per heavy atom. The molecule has 0 aromatic heterocycles. The minimum Gasteiger partial charge on any atom is -0.398 e. The summed E-state index contributed by atoms with van der Waals surface area (Å²) in [7, 11) is 3.95. The van der Waals surface area contributed by atoms with Crippen molar-refractivity contribution in [3.8, 4) is 0 Å². The predicted octanol–water partition coefficient (Wildman–Crippen LogP) is 3.07. The topological polar surface area (TPSA) is 32.5 Å². The van der Waals surface area contributed by atoms with Gasteiger partial charge in [0.15, 0.2) is 0 Å². The normalized spacial score (nSPS) is 11.9. The van der Waals surface area contributed by atoms with Gasteiger partial charge in [0.1, 0.15) is 0 Å². The van der Waals surface area contributed by atoms with Gasteiger partial charge in [-0.1, -0.05) is 0 Å². The second-order valence-corrected chi connectivity index (χ2v) is 5.01. The highest BCUT2D eigenvalue weighted by Gasteiger charge is 2.33. The van der Waals surface area contributed by atoms with Crippen molar-refractivity contribution in [1.82, 2.24) is 4.90 Å². The fourth-order valence-electron chi connectivity index (χ4n) is 2.03. The maximum Gasteiger partial charge on any atom is 0.418 e. The Labute approximate surface area is 118 Å². The Bertz CT molecular complexity index is 430. The highest BCUT2D eigenvalue weighted by atomic mass is 19.4. The maximum atomic E-state index is 12.8. The summed E-state index contributed by atoms with van der Waals surface area (Å²) in [5, 5.41) is 0. The van der Waals surface area contributed by atoms with E-state index in [9.17, 15) is 13.2 Å². The van der Waals surface area contributed by atoms with Crippen LogP contribution in [-0.2, 0) is 6.18 Å². The molecule has 0 fully saturated rings. The molecule has 0 aliphatic heterocycles. The van der Waals surface area contributed by atoms with E-state index in [4.69, 9.17) is 5.73 Å². The molecular formula is C14H22F3N3. The van der Waals surface area contributed by atoms with Crippen LogP contribution in [0.3, 0.4) is 0 Å². The van der Waals surface area contributed by atoms with Gasteiger partial charge in [-0.05, 0) is 52.2 Å². The summed E-state index contributed by atoms with van der Waals surface area (Å²) in [6.07, 6.45) is -3.52. The van der Waals surface area contributed by atoms with Crippen molar-refractivity contribution in [2.75, 3.05) is 44.4 Å². The monoisotopic (exact) mass is 289 g/mol. The molecule has 0 saturated carbocycles. The molecule has 0 bridgehead atoms. The lowest BCUT2D eigenvalue weighted by atomic mass is 10.1. The first-order valence-corrected chi connectivity index (χ1v) is 6.62. The molecule has 3 nitrogen and oxygen atoms in total. The average Bonchev–Trinajstić information content (AvgIpc) is 2.34. The van der Waals surface area contributed by atoms with E-state index < -0.39 is 11.7 Å². The molecule has 0 atom stereocenters. The number of hydrogen-bond acceptors (Lipinski definition) is 3. The Hall–Kier alpha value is -1.43. The van der Waals surface area contributed by atoms with Crippen LogP contribution < -0.4 is 10.6 Å². The average molecular weight is 289 g/mol. The first kappa shape index (κ1) is 16.6. The minimum atomic E-state index is -4.41. The van der Waals surface area contributed by atoms with Gasteiger partial charge in [-0.25, -0.2) is 0 Å². The smallest absolute Gasteiger partial charge is 0.398 e. The van der Waals surface area contributed by atoms with Gasteiger partial charge < -0.3 is 15.5 Å². The third kappa shape index (κ3) is 4.59. The van der Waals surface area contributed by atoms with Crippen LogP contribution in [0.25, 0.3) is 0 Å². The summed E-state index contributed by atoms with van der Waals surface area (Å²) in [5.74, 6) is 0. The van der Waals surface area contributed by atoms with E-state index in [0.29, 0.717) is 12.2 Å². The number of anilines is 2. The molecule has 0 aliphatic carbocycles. The standard InChI is InChI=1S/C14H22F3N3/c1-4-20(9-5-8-19(2)3)11-6-7-13(18)12(10-11)14(15,16)17/h6-7,10H,4-5,8-9,18H2,1-3H3. The van der Waals surface area contributed by atoms with Crippen molar-refractivity contribution in [1.29, 1.82) is 0 Å². The fraction of sp³-hybridized carbons (Fsp3) is 0.571. The van der Waals surface area contributed by atoms with Gasteiger partial charge in [0.05, 0.1) is 5.56 Å². The van der Waals surface area contributed by atoms with E-state index in [0.717, 1.165) is 25.6 Å². The third-order valence-electron chi connectivity index (χ3n) is 3.12. The van der Waals surface area contributed by atoms with Gasteiger partial charge >= 0.3 is 6.18 Å². The van der Waals surface area contributed by atoms with Crippen molar-refractivity contribution in [2.45, 2.75) is 19.5 Å². The fourth-order valence-corrected chi connectivity index (χ4v) is 2.03. The highest BCUT2D eigenvalue weighted by molar-refractivity contribution is 5.59. The van der Waals surface area contributed by atoms with Crippen molar-refractivity contribution in [3.05, 3.63) is 23.8 Å². The quantitative estimate of drug-likeness (QED) is 0.817. The van der Waals surface area contributed by atoms with Crippen LogP contribution in [0.1, 0.15) is 18.9 Å². The molecule has 0 amide bonds. The van der Waals surface area contributed by atoms with E-state index in [-0.39, 0.29) is 5.69 Å². The number of nitrogens with zero attached hydrogens (tertiary/aromatic N) is 2. The molecule has 0 radical (unpaired) electrons. The minimum absolute atomic E-state index is 0.231. The number of alkyl halides is 3. The number of benzene rings is 1. The SMILES string of the molecule is CCN(CCCN(C)C)c1ccc(N)c(C(F)(F)F)c1. The summed E-state index contributed by atoms with van der Waals surface area (Å²) in [6.45, 7) is 4.21. The maximum absolute atomic E-state index is 12.8. The van der Waals surface area contributed by atoms with Crippen molar-refractivity contribution in [3.63, 3.8) is 0 Å². The van der Waals surface area contributed by atoms with Gasteiger partial charge in [0, 0.05) is 24.5 Å². The van der Waals surface area contributed by atoms with E-state index in [1.165, 1.54) is 6.07 Å². The van der Waals surface area contributed by atoms with E-state index in [1.807, 2.05) is 25.9 Å². The van der Waals surface area contributed by atoms with E-state index in [1.54, 1.807) is 6.07 Å². The second-order valence-electron chi connectivity index (χ2n) is 5.01. The molecule has 2 N–H and O–H groups in total. The summed E-state index contributed by atoms with van der Waals surface area (Å²) in [4.78, 5) is 3.98. The summed E-state index contributed by atoms with van der Waals surface area (Å²) >= 11 is 0. The molecule has 0 heterocycles. The lowest BCUT2D eigenvalue weighted by Gasteiger charge is -2.25. The molecule has 20 heavy (non-hydrogen) atoms. The van der Waals surface area contributed by atoms with E-state index in [2.05, 4.69) is 4.90 Å². The zero-order valence-electron chi connectivity index (χ0n) is 12.2. The van der Waals surface area contributed by atoms with Crippen LogP contribution in [0.15, 0.2) is 18.2 Å². The Morgan fingerprint density at radius 2 is 1.80 bits per heavy atom. The molecule has 0 spiro atoms. The summed E-state index contributed by atoms with van der Waals surface area (Å²) in [5.41, 5.74) is 4.98. The van der Waals surface area contributed by atoms with Gasteiger partial charge in [-0.15, -0.1) is 0 Å². The van der Waals surface area contributed by atoms with Gasteiger partial charge in [-0.3, -0.25) is 0 Å². The molecule has 1 aromatic rings. The Morgan fingerprint density at radius 1 is 1.15 bits per heavy atom. The Balaban J connectivity index is 2.88. The zero-order chi connectivity index (χ0) is 15.3. The number of hydrogen-bond donors (Lipinski definition) is 1. The van der Waals surface area contributed by atoms with Crippen molar-refractivity contribution >= 4 is 11.4 Å². The second kappa shape index (κ2) is 6.83. The Kier molecular flexibility index (Phi) is 5.68. The summed E-state index contributed by atoms with van der Waals surface area (Å²) in [6, 6.07) is 4.10. The van der Waals surface area contributed by atoms with Crippen molar-refractivity contribution in [2.24, 2.45) is 0 Å². The molecule has 1 rings (SSSR count). The third-order valence-corrected chi connectivity index (χ3v) is 3.12. The van der Waals surface area contributed by atoms with Crippen LogP contribution in [0.4, 0.5) is 24.5 Å². The van der Waals surface area contributed by atoms with Crippen LogP contribution in [-0.4, -0.2) is 38.6 Å². The molecule has 114 valence electrons. The predicted molar refractivity (Wildman–Crippen MR) is 76.9 cm³/mol. The van der Waals surface area contributed by atoms with Gasteiger partial charge in [0.2, 0.25) is 0 Å². The van der Waals surface area contributed by atoms with Crippen LogP contribution >= 0.6 is 0 Å². The number of rotatable bonds is 6. The molecular weight excluding hydrogens is 267 g/mol. The summed E-state index contributed by atoms with van der Waals surface area (Å²) < 4.78 is 38.5.